The molecule has 0 aromatic carbocycles. The quantitative estimate of drug-likeness (QED) is 0.634. The Balaban J connectivity index is 3.54. The van der Waals surface area contributed by atoms with Crippen LogP contribution in [0.5, 0.6) is 0 Å². The van der Waals surface area contributed by atoms with Crippen molar-refractivity contribution in [3.63, 3.8) is 0 Å². The molecule has 3 heteroatoms. The molecule has 0 rings (SSSR count). The predicted molar refractivity (Wildman–Crippen MR) is 62.4 cm³/mol. The Morgan fingerprint density at radius 1 is 1.27 bits per heavy atom. The molecule has 0 aliphatic heterocycles. The minimum atomic E-state index is -0.214. The zero-order valence-electron chi connectivity index (χ0n) is 10.4. The lowest BCUT2D eigenvalue weighted by atomic mass is 9.89. The second kappa shape index (κ2) is 6.09. The Kier molecular flexibility index (Phi) is 5.85. The van der Waals surface area contributed by atoms with Crippen molar-refractivity contribution in [3.05, 3.63) is 0 Å². The highest BCUT2D eigenvalue weighted by atomic mass is 16.3. The second-order valence-corrected chi connectivity index (χ2v) is 5.60. The molecule has 0 fully saturated rings. The summed E-state index contributed by atoms with van der Waals surface area (Å²) in [6.45, 7) is 9.91. The molecule has 0 spiro atoms. The van der Waals surface area contributed by atoms with Gasteiger partial charge in [0.15, 0.2) is 0 Å². The third-order valence-electron chi connectivity index (χ3n) is 2.49. The number of aliphatic hydroxyl groups excluding tert-OH is 1. The van der Waals surface area contributed by atoms with Crippen LogP contribution in [0.15, 0.2) is 0 Å². The van der Waals surface area contributed by atoms with Crippen LogP contribution in [0.2, 0.25) is 0 Å². The van der Waals surface area contributed by atoms with E-state index < -0.39 is 0 Å². The Labute approximate surface area is 93.5 Å². The highest BCUT2D eigenvalue weighted by Gasteiger charge is 2.17. The first-order valence-corrected chi connectivity index (χ1v) is 5.56. The normalized spacial score (nSPS) is 12.5. The summed E-state index contributed by atoms with van der Waals surface area (Å²) in [6.07, 6.45) is 1.91. The average molecular weight is 212 g/mol. The van der Waals surface area contributed by atoms with Gasteiger partial charge in [-0.25, -0.2) is 0 Å². The van der Waals surface area contributed by atoms with Gasteiger partial charge in [-0.1, -0.05) is 13.8 Å². The standard InChI is InChI=1S/C12H24N2O/c1-11(2,8-13)6-5-7-14-9-12(3,4)10-15/h14-15H,5-7,9-10H2,1-4H3. The molecule has 0 saturated heterocycles. The van der Waals surface area contributed by atoms with Gasteiger partial charge >= 0.3 is 0 Å². The maximum atomic E-state index is 9.03. The summed E-state index contributed by atoms with van der Waals surface area (Å²) in [5, 5.41) is 21.2. The van der Waals surface area contributed by atoms with Crippen molar-refractivity contribution in [2.75, 3.05) is 19.7 Å². The SMILES string of the molecule is CC(C)(C#N)CCCNCC(C)(C)CO. The first kappa shape index (κ1) is 14.4. The van der Waals surface area contributed by atoms with Crippen molar-refractivity contribution in [2.45, 2.75) is 40.5 Å². The molecule has 0 radical (unpaired) electrons. The maximum absolute atomic E-state index is 9.03. The molecule has 0 amide bonds. The largest absolute Gasteiger partial charge is 0.396 e. The van der Waals surface area contributed by atoms with Crippen molar-refractivity contribution in [1.29, 1.82) is 5.26 Å². The summed E-state index contributed by atoms with van der Waals surface area (Å²) < 4.78 is 0. The van der Waals surface area contributed by atoms with Gasteiger partial charge in [-0.2, -0.15) is 5.26 Å². The van der Waals surface area contributed by atoms with Crippen LogP contribution in [0.1, 0.15) is 40.5 Å². The van der Waals surface area contributed by atoms with Crippen LogP contribution in [0.4, 0.5) is 0 Å². The van der Waals surface area contributed by atoms with E-state index in [1.54, 1.807) is 0 Å². The zero-order chi connectivity index (χ0) is 11.9. The Hall–Kier alpha value is -0.590. The fourth-order valence-corrected chi connectivity index (χ4v) is 1.19. The van der Waals surface area contributed by atoms with Gasteiger partial charge in [0.2, 0.25) is 0 Å². The van der Waals surface area contributed by atoms with Gasteiger partial charge in [-0.15, -0.1) is 0 Å². The van der Waals surface area contributed by atoms with Crippen LogP contribution in [-0.2, 0) is 0 Å². The molecule has 88 valence electrons. The molecule has 0 unspecified atom stereocenters. The topological polar surface area (TPSA) is 56.0 Å². The van der Waals surface area contributed by atoms with Crippen molar-refractivity contribution >= 4 is 0 Å². The number of nitriles is 1. The smallest absolute Gasteiger partial charge is 0.0683 e. The van der Waals surface area contributed by atoms with Crippen molar-refractivity contribution in [2.24, 2.45) is 10.8 Å². The van der Waals surface area contributed by atoms with Crippen LogP contribution < -0.4 is 5.32 Å². The van der Waals surface area contributed by atoms with Gasteiger partial charge in [0.25, 0.3) is 0 Å². The molecule has 0 aliphatic rings. The molecule has 0 bridgehead atoms. The second-order valence-electron chi connectivity index (χ2n) is 5.60. The van der Waals surface area contributed by atoms with Crippen molar-refractivity contribution in [1.82, 2.24) is 5.32 Å². The number of rotatable bonds is 7. The summed E-state index contributed by atoms with van der Waals surface area (Å²) in [5.74, 6) is 0. The van der Waals surface area contributed by atoms with Gasteiger partial charge in [0, 0.05) is 18.6 Å². The molecule has 0 atom stereocenters. The van der Waals surface area contributed by atoms with Gasteiger partial charge in [0.1, 0.15) is 0 Å². The highest BCUT2D eigenvalue weighted by Crippen LogP contribution is 2.20. The van der Waals surface area contributed by atoms with Crippen LogP contribution in [0, 0.1) is 22.2 Å². The van der Waals surface area contributed by atoms with Gasteiger partial charge in [-0.3, -0.25) is 0 Å². The summed E-state index contributed by atoms with van der Waals surface area (Å²) in [7, 11) is 0. The van der Waals surface area contributed by atoms with E-state index in [1.165, 1.54) is 0 Å². The molecule has 0 heterocycles. The molecule has 0 aromatic heterocycles. The molecule has 0 aromatic rings. The third-order valence-corrected chi connectivity index (χ3v) is 2.49. The molecule has 3 nitrogen and oxygen atoms in total. The van der Waals surface area contributed by atoms with Gasteiger partial charge in [-0.05, 0) is 33.2 Å². The van der Waals surface area contributed by atoms with E-state index in [-0.39, 0.29) is 17.4 Å². The lowest BCUT2D eigenvalue weighted by Crippen LogP contribution is -2.33. The number of hydrogen-bond donors (Lipinski definition) is 2. The summed E-state index contributed by atoms with van der Waals surface area (Å²) in [6, 6.07) is 2.29. The summed E-state index contributed by atoms with van der Waals surface area (Å²) in [4.78, 5) is 0. The van der Waals surface area contributed by atoms with Crippen LogP contribution in [-0.4, -0.2) is 24.8 Å². The minimum Gasteiger partial charge on any atom is -0.396 e. The van der Waals surface area contributed by atoms with Crippen LogP contribution in [0.25, 0.3) is 0 Å². The fraction of sp³-hybridized carbons (Fsp3) is 0.917. The first-order valence-electron chi connectivity index (χ1n) is 5.56. The van der Waals surface area contributed by atoms with E-state index in [4.69, 9.17) is 10.4 Å². The van der Waals surface area contributed by atoms with E-state index in [9.17, 15) is 0 Å². The van der Waals surface area contributed by atoms with E-state index in [0.29, 0.717) is 0 Å². The fourth-order valence-electron chi connectivity index (χ4n) is 1.19. The molecule has 0 saturated carbocycles. The molecule has 2 N–H and O–H groups in total. The zero-order valence-corrected chi connectivity index (χ0v) is 10.4. The van der Waals surface area contributed by atoms with E-state index in [1.807, 2.05) is 27.7 Å². The predicted octanol–water partition coefficient (Wildman–Crippen LogP) is 1.92. The van der Waals surface area contributed by atoms with Gasteiger partial charge < -0.3 is 10.4 Å². The average Bonchev–Trinajstić information content (AvgIpc) is 2.17. The van der Waals surface area contributed by atoms with Gasteiger partial charge in [0.05, 0.1) is 11.5 Å². The van der Waals surface area contributed by atoms with E-state index in [0.717, 1.165) is 25.9 Å². The molecular formula is C12H24N2O. The lowest BCUT2D eigenvalue weighted by molar-refractivity contribution is 0.157. The van der Waals surface area contributed by atoms with E-state index >= 15 is 0 Å². The Morgan fingerprint density at radius 2 is 1.87 bits per heavy atom. The van der Waals surface area contributed by atoms with Crippen molar-refractivity contribution in [3.8, 4) is 6.07 Å². The number of hydrogen-bond acceptors (Lipinski definition) is 3. The summed E-state index contributed by atoms with van der Waals surface area (Å²) in [5.41, 5.74) is -0.265. The van der Waals surface area contributed by atoms with E-state index in [2.05, 4.69) is 11.4 Å². The molecular weight excluding hydrogens is 188 g/mol. The molecule has 15 heavy (non-hydrogen) atoms. The lowest BCUT2D eigenvalue weighted by Gasteiger charge is -2.22. The highest BCUT2D eigenvalue weighted by molar-refractivity contribution is 4.91. The maximum Gasteiger partial charge on any atom is 0.0683 e. The van der Waals surface area contributed by atoms with Crippen molar-refractivity contribution < 1.29 is 5.11 Å². The summed E-state index contributed by atoms with van der Waals surface area (Å²) >= 11 is 0. The Bertz CT molecular complexity index is 216. The molecule has 0 aliphatic carbocycles. The van der Waals surface area contributed by atoms with Crippen LogP contribution in [0.3, 0.4) is 0 Å². The third kappa shape index (κ3) is 7.35. The number of nitrogens with zero attached hydrogens (tertiary/aromatic N) is 1. The minimum absolute atomic E-state index is 0.0508. The Morgan fingerprint density at radius 3 is 2.33 bits per heavy atom. The monoisotopic (exact) mass is 212 g/mol. The first-order chi connectivity index (χ1) is 6.83. The number of aliphatic hydroxyl groups is 1. The number of nitrogens with one attached hydrogen (secondary N) is 1. The van der Waals surface area contributed by atoms with Crippen LogP contribution >= 0.6 is 0 Å².